The van der Waals surface area contributed by atoms with Crippen molar-refractivity contribution in [2.45, 2.75) is 27.7 Å². The minimum Gasteiger partial charge on any atom is -0.350 e. The molecule has 0 aromatic heterocycles. The molecule has 2 aromatic carbocycles. The van der Waals surface area contributed by atoms with E-state index in [1.54, 1.807) is 6.08 Å². The number of hydrogen-bond donors (Lipinski definition) is 1. The van der Waals surface area contributed by atoms with Crippen LogP contribution in [0.25, 0.3) is 5.57 Å². The number of imide groups is 1. The number of hydrogen-bond acceptors (Lipinski definition) is 3. The fourth-order valence-corrected chi connectivity index (χ4v) is 3.34. The molecule has 0 saturated carbocycles. The van der Waals surface area contributed by atoms with Gasteiger partial charge in [-0.05, 0) is 56.0 Å². The van der Waals surface area contributed by atoms with Crippen molar-refractivity contribution < 1.29 is 9.59 Å². The lowest BCUT2D eigenvalue weighted by molar-refractivity contribution is -0.136. The lowest BCUT2D eigenvalue weighted by Crippen LogP contribution is -2.32. The molecule has 0 unspecified atom stereocenters. The van der Waals surface area contributed by atoms with Crippen LogP contribution in [0.3, 0.4) is 0 Å². The van der Waals surface area contributed by atoms with Crippen LogP contribution in [0.1, 0.15) is 27.8 Å². The molecule has 3 rings (SSSR count). The highest BCUT2D eigenvalue weighted by atomic mass is 16.2. The zero-order valence-electron chi connectivity index (χ0n) is 16.2. The third-order valence-electron chi connectivity index (χ3n) is 4.78. The Kier molecular flexibility index (Phi) is 5.00. The maximum absolute atomic E-state index is 13.1. The zero-order chi connectivity index (χ0) is 19.7. The Labute approximate surface area is 160 Å². The average molecular weight is 360 g/mol. The van der Waals surface area contributed by atoms with Crippen LogP contribution in [0.4, 0.5) is 5.69 Å². The number of nitrogens with one attached hydrogen (secondary N) is 1. The first-order chi connectivity index (χ1) is 12.8. The third kappa shape index (κ3) is 3.43. The Balaban J connectivity index is 2.17. The molecule has 2 aromatic rings. The maximum atomic E-state index is 13.1. The molecule has 4 heteroatoms. The Hall–Kier alpha value is -3.14. The summed E-state index contributed by atoms with van der Waals surface area (Å²) in [6.45, 7) is 11.8. The van der Waals surface area contributed by atoms with Crippen molar-refractivity contribution in [2.75, 3.05) is 11.9 Å². The molecule has 0 bridgehead atoms. The number of anilines is 1. The Bertz CT molecular complexity index is 986. The molecule has 27 heavy (non-hydrogen) atoms. The van der Waals surface area contributed by atoms with E-state index >= 15 is 0 Å². The molecule has 4 nitrogen and oxygen atoms in total. The van der Waals surface area contributed by atoms with Gasteiger partial charge in [-0.3, -0.25) is 14.5 Å². The Morgan fingerprint density at radius 3 is 2.26 bits per heavy atom. The fraction of sp³-hybridized carbons (Fsp3) is 0.217. The Morgan fingerprint density at radius 2 is 1.59 bits per heavy atom. The van der Waals surface area contributed by atoms with Crippen LogP contribution in [0, 0.1) is 27.7 Å². The van der Waals surface area contributed by atoms with Gasteiger partial charge in [-0.2, -0.15) is 0 Å². The van der Waals surface area contributed by atoms with Gasteiger partial charge >= 0.3 is 0 Å². The van der Waals surface area contributed by atoms with Crippen molar-refractivity contribution in [1.82, 2.24) is 4.90 Å². The number of amides is 2. The summed E-state index contributed by atoms with van der Waals surface area (Å²) in [5, 5.41) is 3.24. The van der Waals surface area contributed by atoms with Crippen molar-refractivity contribution in [1.29, 1.82) is 0 Å². The topological polar surface area (TPSA) is 49.4 Å². The van der Waals surface area contributed by atoms with E-state index in [2.05, 4.69) is 11.9 Å². The van der Waals surface area contributed by atoms with E-state index in [0.29, 0.717) is 11.3 Å². The van der Waals surface area contributed by atoms with Crippen LogP contribution in [-0.2, 0) is 9.59 Å². The van der Waals surface area contributed by atoms with Crippen molar-refractivity contribution in [3.05, 3.63) is 82.6 Å². The van der Waals surface area contributed by atoms with Crippen molar-refractivity contribution >= 4 is 23.1 Å². The van der Waals surface area contributed by atoms with Gasteiger partial charge in [0.1, 0.15) is 5.70 Å². The lowest BCUT2D eigenvalue weighted by Gasteiger charge is -2.13. The number of nitrogens with zero attached hydrogens (tertiary/aromatic N) is 1. The molecule has 1 N–H and O–H groups in total. The van der Waals surface area contributed by atoms with Gasteiger partial charge in [0.05, 0.1) is 5.57 Å². The molecular formula is C23H24N2O2. The van der Waals surface area contributed by atoms with Gasteiger partial charge in [0.25, 0.3) is 11.8 Å². The molecule has 0 atom stereocenters. The molecule has 1 heterocycles. The van der Waals surface area contributed by atoms with Crippen LogP contribution < -0.4 is 5.32 Å². The molecule has 0 spiro atoms. The second-order valence-corrected chi connectivity index (χ2v) is 7.02. The third-order valence-corrected chi connectivity index (χ3v) is 4.78. The quantitative estimate of drug-likeness (QED) is 0.639. The van der Waals surface area contributed by atoms with Gasteiger partial charge in [-0.15, -0.1) is 6.58 Å². The zero-order valence-corrected chi connectivity index (χ0v) is 16.2. The van der Waals surface area contributed by atoms with E-state index in [1.807, 2.05) is 64.1 Å². The first-order valence-electron chi connectivity index (χ1n) is 8.96. The first kappa shape index (κ1) is 18.6. The predicted octanol–water partition coefficient (Wildman–Crippen LogP) is 4.30. The largest absolute Gasteiger partial charge is 0.350 e. The van der Waals surface area contributed by atoms with Gasteiger partial charge in [0, 0.05) is 12.2 Å². The van der Waals surface area contributed by atoms with Crippen LogP contribution in [0.15, 0.2) is 54.8 Å². The summed E-state index contributed by atoms with van der Waals surface area (Å²) in [5.74, 6) is -0.615. The summed E-state index contributed by atoms with van der Waals surface area (Å²) in [7, 11) is 0. The SMILES string of the molecule is C=CCN1C(=O)C(Nc2cc(C)ccc2C)=C(c2ccc(C)cc2C)C1=O. The summed E-state index contributed by atoms with van der Waals surface area (Å²) in [4.78, 5) is 27.3. The summed E-state index contributed by atoms with van der Waals surface area (Å²) >= 11 is 0. The number of carbonyl (C=O) groups is 2. The average Bonchev–Trinajstić information content (AvgIpc) is 2.83. The molecule has 0 aliphatic carbocycles. The molecule has 138 valence electrons. The lowest BCUT2D eigenvalue weighted by atomic mass is 9.97. The summed E-state index contributed by atoms with van der Waals surface area (Å²) in [6, 6.07) is 11.9. The van der Waals surface area contributed by atoms with Crippen LogP contribution >= 0.6 is 0 Å². The van der Waals surface area contributed by atoms with E-state index in [9.17, 15) is 9.59 Å². The molecule has 1 aliphatic rings. The van der Waals surface area contributed by atoms with Crippen molar-refractivity contribution in [3.8, 4) is 0 Å². The highest BCUT2D eigenvalue weighted by Gasteiger charge is 2.39. The highest BCUT2D eigenvalue weighted by Crippen LogP contribution is 2.33. The van der Waals surface area contributed by atoms with Crippen molar-refractivity contribution in [3.63, 3.8) is 0 Å². The summed E-state index contributed by atoms with van der Waals surface area (Å²) in [5.41, 5.74) is 6.51. The minimum atomic E-state index is -0.323. The van der Waals surface area contributed by atoms with E-state index in [4.69, 9.17) is 0 Å². The first-order valence-corrected chi connectivity index (χ1v) is 8.96. The molecular weight excluding hydrogens is 336 g/mol. The van der Waals surface area contributed by atoms with Crippen LogP contribution in [-0.4, -0.2) is 23.3 Å². The maximum Gasteiger partial charge on any atom is 0.278 e. The molecule has 1 aliphatic heterocycles. The molecule has 2 amide bonds. The number of aryl methyl sites for hydroxylation is 4. The van der Waals surface area contributed by atoms with E-state index in [-0.39, 0.29) is 18.4 Å². The Morgan fingerprint density at radius 1 is 0.926 bits per heavy atom. The minimum absolute atomic E-state index is 0.185. The van der Waals surface area contributed by atoms with Crippen LogP contribution in [0.5, 0.6) is 0 Å². The normalized spacial score (nSPS) is 14.1. The molecule has 0 saturated heterocycles. The number of benzene rings is 2. The predicted molar refractivity (Wildman–Crippen MR) is 109 cm³/mol. The summed E-state index contributed by atoms with van der Waals surface area (Å²) < 4.78 is 0. The van der Waals surface area contributed by atoms with E-state index < -0.39 is 0 Å². The number of rotatable bonds is 5. The molecule has 0 radical (unpaired) electrons. The molecule has 0 fully saturated rings. The number of carbonyl (C=O) groups excluding carboxylic acids is 2. The van der Waals surface area contributed by atoms with E-state index in [1.165, 1.54) is 4.90 Å². The van der Waals surface area contributed by atoms with Gasteiger partial charge in [0.2, 0.25) is 0 Å². The van der Waals surface area contributed by atoms with Crippen LogP contribution in [0.2, 0.25) is 0 Å². The smallest absolute Gasteiger partial charge is 0.278 e. The highest BCUT2D eigenvalue weighted by molar-refractivity contribution is 6.36. The van der Waals surface area contributed by atoms with Gasteiger partial charge in [-0.1, -0.05) is 42.0 Å². The van der Waals surface area contributed by atoms with Gasteiger partial charge in [0.15, 0.2) is 0 Å². The second-order valence-electron chi connectivity index (χ2n) is 7.02. The standard InChI is InChI=1S/C23H24N2O2/c1-6-11-25-22(26)20(18-10-8-14(2)12-17(18)5)21(23(25)27)24-19-13-15(3)7-9-16(19)4/h6-10,12-13,24H,1,11H2,2-5H3. The van der Waals surface area contributed by atoms with E-state index in [0.717, 1.165) is 33.5 Å². The van der Waals surface area contributed by atoms with Crippen molar-refractivity contribution in [2.24, 2.45) is 0 Å². The van der Waals surface area contributed by atoms with Gasteiger partial charge in [-0.25, -0.2) is 0 Å². The second kappa shape index (κ2) is 7.23. The fourth-order valence-electron chi connectivity index (χ4n) is 3.34. The summed E-state index contributed by atoms with van der Waals surface area (Å²) in [6.07, 6.45) is 1.57. The monoisotopic (exact) mass is 360 g/mol. The van der Waals surface area contributed by atoms with Gasteiger partial charge < -0.3 is 5.32 Å².